The molecule has 1 aliphatic heterocycles. The molecule has 0 spiro atoms. The molecule has 1 fully saturated rings. The molecule has 0 aliphatic carbocycles. The van der Waals surface area contributed by atoms with E-state index in [2.05, 4.69) is 65.4 Å². The zero-order chi connectivity index (χ0) is 14.1. The summed E-state index contributed by atoms with van der Waals surface area (Å²) in [5.74, 6) is 1.20. The highest BCUT2D eigenvalue weighted by atomic mass is 79.9. The third-order valence-corrected chi connectivity index (χ3v) is 5.97. The van der Waals surface area contributed by atoms with Gasteiger partial charge in [-0.05, 0) is 56.0 Å². The highest BCUT2D eigenvalue weighted by Crippen LogP contribution is 2.42. The Morgan fingerprint density at radius 3 is 2.65 bits per heavy atom. The maximum atomic E-state index is 3.73. The molecule has 3 heteroatoms. The van der Waals surface area contributed by atoms with E-state index in [4.69, 9.17) is 0 Å². The van der Waals surface area contributed by atoms with E-state index in [1.165, 1.54) is 26.2 Å². The van der Waals surface area contributed by atoms with Crippen LogP contribution in [0.4, 0.5) is 0 Å². The van der Waals surface area contributed by atoms with Crippen molar-refractivity contribution >= 4 is 27.3 Å². The van der Waals surface area contributed by atoms with Crippen LogP contribution in [0.3, 0.4) is 0 Å². The van der Waals surface area contributed by atoms with Crippen LogP contribution in [0.25, 0.3) is 0 Å². The third-order valence-electron chi connectivity index (χ3n) is 4.27. The average molecular weight is 350 g/mol. The van der Waals surface area contributed by atoms with Gasteiger partial charge in [0.2, 0.25) is 0 Å². The summed E-state index contributed by atoms with van der Waals surface area (Å²) in [6.45, 7) is 6.68. The van der Waals surface area contributed by atoms with Crippen molar-refractivity contribution in [1.82, 2.24) is 5.32 Å². The van der Waals surface area contributed by atoms with Gasteiger partial charge in [-0.15, -0.1) is 11.3 Å². The van der Waals surface area contributed by atoms with Crippen molar-refractivity contribution in [2.45, 2.75) is 32.1 Å². The zero-order valence-corrected chi connectivity index (χ0v) is 14.4. The number of rotatable bonds is 2. The first-order valence-corrected chi connectivity index (χ1v) is 8.80. The molecule has 0 radical (unpaired) electrons. The highest BCUT2D eigenvalue weighted by Gasteiger charge is 2.30. The van der Waals surface area contributed by atoms with Crippen molar-refractivity contribution < 1.29 is 0 Å². The summed E-state index contributed by atoms with van der Waals surface area (Å²) >= 11 is 5.66. The number of aryl methyl sites for hydroxylation is 2. The molecule has 1 saturated heterocycles. The SMILES string of the molecule is Cc1cc(C2CCNCC2c2ccccc2Br)c(C)s1. The van der Waals surface area contributed by atoms with E-state index in [1.807, 2.05) is 11.3 Å². The molecule has 2 atom stereocenters. The van der Waals surface area contributed by atoms with Gasteiger partial charge in [0.1, 0.15) is 0 Å². The van der Waals surface area contributed by atoms with Crippen LogP contribution >= 0.6 is 27.3 Å². The third kappa shape index (κ3) is 2.72. The lowest BCUT2D eigenvalue weighted by molar-refractivity contribution is 0.403. The predicted octanol–water partition coefficient (Wildman–Crippen LogP) is 4.99. The number of benzene rings is 1. The molecule has 2 heterocycles. The Bertz CT molecular complexity index is 605. The second-order valence-corrected chi connectivity index (χ2v) is 7.91. The smallest absolute Gasteiger partial charge is 0.0210 e. The first kappa shape index (κ1) is 14.3. The summed E-state index contributed by atoms with van der Waals surface area (Å²) in [5.41, 5.74) is 3.00. The Hall–Kier alpha value is -0.640. The lowest BCUT2D eigenvalue weighted by Gasteiger charge is -2.33. The number of thiophene rings is 1. The molecule has 1 nitrogen and oxygen atoms in total. The largest absolute Gasteiger partial charge is 0.316 e. The van der Waals surface area contributed by atoms with Gasteiger partial charge in [-0.25, -0.2) is 0 Å². The molecular weight excluding hydrogens is 330 g/mol. The van der Waals surface area contributed by atoms with Crippen molar-refractivity contribution in [2.75, 3.05) is 13.1 Å². The second-order valence-electron chi connectivity index (χ2n) is 5.60. The lowest BCUT2D eigenvalue weighted by Crippen LogP contribution is -2.34. The number of piperidine rings is 1. The van der Waals surface area contributed by atoms with Crippen LogP contribution in [0.15, 0.2) is 34.8 Å². The molecule has 1 aromatic carbocycles. The van der Waals surface area contributed by atoms with Crippen LogP contribution < -0.4 is 5.32 Å². The predicted molar refractivity (Wildman–Crippen MR) is 90.9 cm³/mol. The quantitative estimate of drug-likeness (QED) is 0.805. The van der Waals surface area contributed by atoms with Gasteiger partial charge in [-0.2, -0.15) is 0 Å². The standard InChI is InChI=1S/C17H20BrNS/c1-11-9-15(12(2)20-11)13-7-8-19-10-16(13)14-5-3-4-6-17(14)18/h3-6,9,13,16,19H,7-8,10H2,1-2H3. The normalized spacial score (nSPS) is 22.9. The molecule has 1 aliphatic rings. The first-order valence-electron chi connectivity index (χ1n) is 7.19. The van der Waals surface area contributed by atoms with E-state index >= 15 is 0 Å². The van der Waals surface area contributed by atoms with Crippen molar-refractivity contribution in [3.63, 3.8) is 0 Å². The summed E-state index contributed by atoms with van der Waals surface area (Å²) < 4.78 is 1.24. The number of nitrogens with one attached hydrogen (secondary N) is 1. The second kappa shape index (κ2) is 6.00. The van der Waals surface area contributed by atoms with Crippen LogP contribution in [-0.4, -0.2) is 13.1 Å². The minimum absolute atomic E-state index is 0.562. The summed E-state index contributed by atoms with van der Waals surface area (Å²) in [4.78, 5) is 2.92. The number of hydrogen-bond donors (Lipinski definition) is 1. The lowest BCUT2D eigenvalue weighted by atomic mass is 9.77. The van der Waals surface area contributed by atoms with Crippen molar-refractivity contribution in [1.29, 1.82) is 0 Å². The monoisotopic (exact) mass is 349 g/mol. The summed E-state index contributed by atoms with van der Waals surface area (Å²) in [7, 11) is 0. The Labute approximate surface area is 133 Å². The summed E-state index contributed by atoms with van der Waals surface area (Å²) in [6.07, 6.45) is 1.23. The van der Waals surface area contributed by atoms with E-state index in [-0.39, 0.29) is 0 Å². The van der Waals surface area contributed by atoms with Gasteiger partial charge in [-0.1, -0.05) is 34.1 Å². The molecule has 0 saturated carbocycles. The Morgan fingerprint density at radius 2 is 1.95 bits per heavy atom. The fourth-order valence-electron chi connectivity index (χ4n) is 3.35. The van der Waals surface area contributed by atoms with Gasteiger partial charge in [0.15, 0.2) is 0 Å². The van der Waals surface area contributed by atoms with Crippen LogP contribution in [0.1, 0.15) is 39.1 Å². The fraction of sp³-hybridized carbons (Fsp3) is 0.412. The Morgan fingerprint density at radius 1 is 1.15 bits per heavy atom. The molecule has 3 rings (SSSR count). The zero-order valence-electron chi connectivity index (χ0n) is 11.9. The minimum Gasteiger partial charge on any atom is -0.316 e. The molecule has 0 amide bonds. The van der Waals surface area contributed by atoms with E-state index in [9.17, 15) is 0 Å². The maximum absolute atomic E-state index is 3.73. The topological polar surface area (TPSA) is 12.0 Å². The summed E-state index contributed by atoms with van der Waals surface area (Å²) in [5, 5.41) is 3.57. The summed E-state index contributed by atoms with van der Waals surface area (Å²) in [6, 6.07) is 11.1. The van der Waals surface area contributed by atoms with Gasteiger partial charge in [-0.3, -0.25) is 0 Å². The minimum atomic E-state index is 0.562. The van der Waals surface area contributed by atoms with E-state index in [0.717, 1.165) is 13.1 Å². The molecule has 2 unspecified atom stereocenters. The van der Waals surface area contributed by atoms with Crippen LogP contribution in [-0.2, 0) is 0 Å². The molecule has 106 valence electrons. The van der Waals surface area contributed by atoms with E-state index < -0.39 is 0 Å². The van der Waals surface area contributed by atoms with Crippen molar-refractivity contribution in [2.24, 2.45) is 0 Å². The van der Waals surface area contributed by atoms with Crippen LogP contribution in [0.2, 0.25) is 0 Å². The molecule has 20 heavy (non-hydrogen) atoms. The number of hydrogen-bond acceptors (Lipinski definition) is 2. The van der Waals surface area contributed by atoms with E-state index in [0.29, 0.717) is 11.8 Å². The Balaban J connectivity index is 2.00. The van der Waals surface area contributed by atoms with Crippen molar-refractivity contribution in [3.8, 4) is 0 Å². The molecule has 1 aromatic heterocycles. The molecule has 1 N–H and O–H groups in total. The molecule has 2 aromatic rings. The molecule has 0 bridgehead atoms. The Kier molecular flexibility index (Phi) is 4.29. The van der Waals surface area contributed by atoms with Gasteiger partial charge in [0, 0.05) is 26.7 Å². The number of halogens is 1. The first-order chi connectivity index (χ1) is 9.66. The van der Waals surface area contributed by atoms with Gasteiger partial charge in [0.25, 0.3) is 0 Å². The van der Waals surface area contributed by atoms with Crippen molar-refractivity contribution in [3.05, 3.63) is 55.7 Å². The fourth-order valence-corrected chi connectivity index (χ4v) is 4.93. The van der Waals surface area contributed by atoms with Gasteiger partial charge in [0.05, 0.1) is 0 Å². The van der Waals surface area contributed by atoms with E-state index in [1.54, 1.807) is 5.56 Å². The maximum Gasteiger partial charge on any atom is 0.0210 e. The highest BCUT2D eigenvalue weighted by molar-refractivity contribution is 9.10. The molecular formula is C17H20BrNS. The van der Waals surface area contributed by atoms with Crippen LogP contribution in [0.5, 0.6) is 0 Å². The van der Waals surface area contributed by atoms with Crippen LogP contribution in [0, 0.1) is 13.8 Å². The van der Waals surface area contributed by atoms with Gasteiger partial charge >= 0.3 is 0 Å². The average Bonchev–Trinajstić information content (AvgIpc) is 2.78. The van der Waals surface area contributed by atoms with Gasteiger partial charge < -0.3 is 5.32 Å².